The Hall–Kier alpha value is -2.01. The van der Waals surface area contributed by atoms with E-state index in [0.717, 1.165) is 11.3 Å². The highest BCUT2D eigenvalue weighted by Gasteiger charge is 2.15. The number of methoxy groups -OCH3 is 1. The van der Waals surface area contributed by atoms with Crippen molar-refractivity contribution in [2.24, 2.45) is 7.05 Å². The number of hydrogen-bond donors (Lipinski definition) is 1. The van der Waals surface area contributed by atoms with Crippen molar-refractivity contribution in [3.05, 3.63) is 40.2 Å². The molecule has 0 spiro atoms. The average Bonchev–Trinajstić information content (AvgIpc) is 2.74. The van der Waals surface area contributed by atoms with E-state index >= 15 is 0 Å². The number of hydrogen-bond acceptors (Lipinski definition) is 3. The lowest BCUT2D eigenvalue weighted by Crippen LogP contribution is -2.13. The van der Waals surface area contributed by atoms with Crippen molar-refractivity contribution in [1.29, 1.82) is 0 Å². The van der Waals surface area contributed by atoms with Crippen molar-refractivity contribution >= 4 is 23.2 Å². The number of nitrogens with one attached hydrogen (secondary N) is 1. The topological polar surface area (TPSA) is 56.1 Å². The maximum atomic E-state index is 12.3. The highest BCUT2D eigenvalue weighted by molar-refractivity contribution is 6.31. The third kappa shape index (κ3) is 2.63. The second kappa shape index (κ2) is 5.54. The van der Waals surface area contributed by atoms with Crippen molar-refractivity contribution in [2.45, 2.75) is 13.8 Å². The Morgan fingerprint density at radius 2 is 2.10 bits per heavy atom. The van der Waals surface area contributed by atoms with E-state index in [0.29, 0.717) is 22.0 Å². The van der Waals surface area contributed by atoms with E-state index < -0.39 is 0 Å². The highest BCUT2D eigenvalue weighted by Crippen LogP contribution is 2.31. The number of ether oxygens (including phenoxy) is 1. The molecule has 1 aromatic carbocycles. The van der Waals surface area contributed by atoms with Gasteiger partial charge in [0.1, 0.15) is 5.75 Å². The number of rotatable bonds is 3. The Morgan fingerprint density at radius 3 is 2.65 bits per heavy atom. The van der Waals surface area contributed by atoms with E-state index in [1.54, 1.807) is 30.1 Å². The number of aryl methyl sites for hydroxylation is 2. The van der Waals surface area contributed by atoms with Crippen molar-refractivity contribution in [3.63, 3.8) is 0 Å². The number of amides is 1. The molecule has 106 valence electrons. The Bertz CT molecular complexity index is 665. The Kier molecular flexibility index (Phi) is 3.99. The molecule has 0 bridgehead atoms. The maximum absolute atomic E-state index is 12.3. The first-order chi connectivity index (χ1) is 9.43. The fraction of sp³-hybridized carbons (Fsp3) is 0.286. The normalized spacial score (nSPS) is 10.4. The zero-order valence-electron chi connectivity index (χ0n) is 11.8. The molecule has 0 saturated heterocycles. The molecule has 0 radical (unpaired) electrons. The third-order valence-corrected chi connectivity index (χ3v) is 3.62. The molecule has 1 amide bonds. The van der Waals surface area contributed by atoms with E-state index in [9.17, 15) is 4.79 Å². The van der Waals surface area contributed by atoms with Crippen LogP contribution in [0.25, 0.3) is 0 Å². The van der Waals surface area contributed by atoms with Gasteiger partial charge in [-0.05, 0) is 25.5 Å². The molecule has 0 aliphatic rings. The summed E-state index contributed by atoms with van der Waals surface area (Å²) in [6.07, 6.45) is 1.54. The second-order valence-corrected chi connectivity index (χ2v) is 4.93. The molecule has 0 aliphatic carbocycles. The number of halogens is 1. The summed E-state index contributed by atoms with van der Waals surface area (Å²) in [6, 6.07) is 3.47. The Morgan fingerprint density at radius 1 is 1.40 bits per heavy atom. The standard InChI is InChI=1S/C14H16ClN3O2/c1-8-5-12(13(20-4)6-11(8)15)17-14(19)10-7-16-18(3)9(10)2/h5-7H,1-4H3,(H,17,19). The van der Waals surface area contributed by atoms with Gasteiger partial charge in [0.15, 0.2) is 0 Å². The van der Waals surface area contributed by atoms with E-state index in [-0.39, 0.29) is 5.91 Å². The van der Waals surface area contributed by atoms with Gasteiger partial charge >= 0.3 is 0 Å². The third-order valence-electron chi connectivity index (χ3n) is 3.21. The molecular weight excluding hydrogens is 278 g/mol. The summed E-state index contributed by atoms with van der Waals surface area (Å²) < 4.78 is 6.89. The van der Waals surface area contributed by atoms with Crippen LogP contribution in [0, 0.1) is 13.8 Å². The molecule has 1 aromatic heterocycles. The molecular formula is C14H16ClN3O2. The number of aromatic nitrogens is 2. The van der Waals surface area contributed by atoms with Crippen LogP contribution in [0.1, 0.15) is 21.6 Å². The van der Waals surface area contributed by atoms with Gasteiger partial charge in [0, 0.05) is 23.8 Å². The molecule has 0 saturated carbocycles. The van der Waals surface area contributed by atoms with Gasteiger partial charge in [0.05, 0.1) is 24.6 Å². The van der Waals surface area contributed by atoms with Crippen molar-refractivity contribution in [2.75, 3.05) is 12.4 Å². The fourth-order valence-corrected chi connectivity index (χ4v) is 1.99. The number of anilines is 1. The predicted molar refractivity (Wildman–Crippen MR) is 78.6 cm³/mol. The van der Waals surface area contributed by atoms with Gasteiger partial charge in [0.2, 0.25) is 0 Å². The monoisotopic (exact) mass is 293 g/mol. The zero-order valence-corrected chi connectivity index (χ0v) is 12.6. The molecule has 0 unspecified atom stereocenters. The first-order valence-electron chi connectivity index (χ1n) is 6.08. The lowest BCUT2D eigenvalue weighted by molar-refractivity contribution is 0.102. The smallest absolute Gasteiger partial charge is 0.259 e. The first kappa shape index (κ1) is 14.4. The zero-order chi connectivity index (χ0) is 14.9. The SMILES string of the molecule is COc1cc(Cl)c(C)cc1NC(=O)c1cnn(C)c1C. The minimum absolute atomic E-state index is 0.226. The van der Waals surface area contributed by atoms with Crippen molar-refractivity contribution in [3.8, 4) is 5.75 Å². The summed E-state index contributed by atoms with van der Waals surface area (Å²) in [5.41, 5.74) is 2.78. The minimum atomic E-state index is -0.226. The van der Waals surface area contributed by atoms with E-state index in [1.165, 1.54) is 7.11 Å². The summed E-state index contributed by atoms with van der Waals surface area (Å²) in [4.78, 5) is 12.3. The lowest BCUT2D eigenvalue weighted by Gasteiger charge is -2.12. The number of carbonyl (C=O) groups is 1. The van der Waals surface area contributed by atoms with Crippen LogP contribution in [0.4, 0.5) is 5.69 Å². The van der Waals surface area contributed by atoms with Gasteiger partial charge in [-0.1, -0.05) is 11.6 Å². The summed E-state index contributed by atoms with van der Waals surface area (Å²) in [5, 5.41) is 7.48. The lowest BCUT2D eigenvalue weighted by atomic mass is 10.2. The van der Waals surface area contributed by atoms with Crippen molar-refractivity contribution in [1.82, 2.24) is 9.78 Å². The minimum Gasteiger partial charge on any atom is -0.495 e. The molecule has 5 nitrogen and oxygen atoms in total. The van der Waals surface area contributed by atoms with Gasteiger partial charge in [0.25, 0.3) is 5.91 Å². The van der Waals surface area contributed by atoms with Crippen LogP contribution >= 0.6 is 11.6 Å². The molecule has 6 heteroatoms. The molecule has 0 aliphatic heterocycles. The quantitative estimate of drug-likeness (QED) is 0.946. The van der Waals surface area contributed by atoms with Crippen LogP contribution < -0.4 is 10.1 Å². The molecule has 2 rings (SSSR count). The van der Waals surface area contributed by atoms with Crippen LogP contribution in [-0.4, -0.2) is 22.8 Å². The van der Waals surface area contributed by atoms with Crippen LogP contribution in [0.5, 0.6) is 5.75 Å². The van der Waals surface area contributed by atoms with Gasteiger partial charge in [-0.3, -0.25) is 9.48 Å². The van der Waals surface area contributed by atoms with E-state index in [4.69, 9.17) is 16.3 Å². The predicted octanol–water partition coefficient (Wildman–Crippen LogP) is 2.95. The number of carbonyl (C=O) groups excluding carboxylic acids is 1. The number of benzene rings is 1. The first-order valence-corrected chi connectivity index (χ1v) is 6.46. The average molecular weight is 294 g/mol. The maximum Gasteiger partial charge on any atom is 0.259 e. The van der Waals surface area contributed by atoms with Gasteiger partial charge in [-0.25, -0.2) is 0 Å². The molecule has 0 fully saturated rings. The summed E-state index contributed by atoms with van der Waals surface area (Å²) in [5.74, 6) is 0.297. The van der Waals surface area contributed by atoms with Crippen LogP contribution in [0.2, 0.25) is 5.02 Å². The number of nitrogens with zero attached hydrogens (tertiary/aromatic N) is 2. The molecule has 1 heterocycles. The molecule has 2 aromatic rings. The van der Waals surface area contributed by atoms with Gasteiger partial charge in [-0.2, -0.15) is 5.10 Å². The Labute approximate surface area is 122 Å². The van der Waals surface area contributed by atoms with Gasteiger partial charge < -0.3 is 10.1 Å². The second-order valence-electron chi connectivity index (χ2n) is 4.52. The van der Waals surface area contributed by atoms with Crippen LogP contribution in [0.15, 0.2) is 18.3 Å². The highest BCUT2D eigenvalue weighted by atomic mass is 35.5. The van der Waals surface area contributed by atoms with Crippen LogP contribution in [-0.2, 0) is 7.05 Å². The molecule has 1 N–H and O–H groups in total. The van der Waals surface area contributed by atoms with E-state index in [2.05, 4.69) is 10.4 Å². The largest absolute Gasteiger partial charge is 0.495 e. The van der Waals surface area contributed by atoms with Crippen molar-refractivity contribution < 1.29 is 9.53 Å². The van der Waals surface area contributed by atoms with E-state index in [1.807, 2.05) is 13.8 Å². The molecule has 20 heavy (non-hydrogen) atoms. The van der Waals surface area contributed by atoms with Crippen LogP contribution in [0.3, 0.4) is 0 Å². The Balaban J connectivity index is 2.32. The molecule has 0 atom stereocenters. The summed E-state index contributed by atoms with van der Waals surface area (Å²) >= 11 is 6.04. The fourth-order valence-electron chi connectivity index (χ4n) is 1.84. The van der Waals surface area contributed by atoms with Gasteiger partial charge in [-0.15, -0.1) is 0 Å². The summed E-state index contributed by atoms with van der Waals surface area (Å²) in [7, 11) is 3.32. The summed E-state index contributed by atoms with van der Waals surface area (Å²) in [6.45, 7) is 3.71.